The first-order chi connectivity index (χ1) is 8.46. The number of nitrogens with zero attached hydrogens (tertiary/aromatic N) is 1. The van der Waals surface area contributed by atoms with Gasteiger partial charge in [-0.25, -0.2) is 13.4 Å². The number of rotatable bonds is 3. The zero-order chi connectivity index (χ0) is 13.2. The fourth-order valence-corrected chi connectivity index (χ4v) is 3.36. The Hall–Kier alpha value is -1.63. The van der Waals surface area contributed by atoms with Crippen molar-refractivity contribution in [1.29, 1.82) is 0 Å². The lowest BCUT2D eigenvalue weighted by Gasteiger charge is -2.23. The smallest absolute Gasteiger partial charge is 0.250 e. The first-order valence-electron chi connectivity index (χ1n) is 5.69. The Morgan fingerprint density at radius 3 is 2.50 bits per heavy atom. The second kappa shape index (κ2) is 4.93. The fourth-order valence-electron chi connectivity index (χ4n) is 1.87. The van der Waals surface area contributed by atoms with Crippen LogP contribution in [0.3, 0.4) is 0 Å². The van der Waals surface area contributed by atoms with Gasteiger partial charge >= 0.3 is 0 Å². The number of sulfone groups is 1. The highest BCUT2D eigenvalue weighted by molar-refractivity contribution is 7.91. The third-order valence-electron chi connectivity index (χ3n) is 2.95. The molecule has 0 radical (unpaired) electrons. The molecule has 1 aromatic heterocycles. The molecule has 1 aliphatic heterocycles. The largest absolute Gasteiger partial charge is 0.367 e. The van der Waals surface area contributed by atoms with E-state index in [-0.39, 0.29) is 17.5 Å². The lowest BCUT2D eigenvalue weighted by molar-refractivity contribution is 0.1000. The standard InChI is InChI=1S/C11H15N3O3S/c12-11(15)8-1-2-10(13-7-8)14-9-3-5-18(16,17)6-4-9/h1-2,7,9H,3-6H2,(H2,12,15)(H,13,14). The molecule has 18 heavy (non-hydrogen) atoms. The summed E-state index contributed by atoms with van der Waals surface area (Å²) in [5.41, 5.74) is 5.47. The van der Waals surface area contributed by atoms with Crippen molar-refractivity contribution in [2.75, 3.05) is 16.8 Å². The number of primary amides is 1. The number of anilines is 1. The van der Waals surface area contributed by atoms with E-state index in [2.05, 4.69) is 10.3 Å². The van der Waals surface area contributed by atoms with Crippen molar-refractivity contribution in [3.8, 4) is 0 Å². The van der Waals surface area contributed by atoms with Gasteiger partial charge < -0.3 is 11.1 Å². The highest BCUT2D eigenvalue weighted by Gasteiger charge is 2.23. The van der Waals surface area contributed by atoms with E-state index < -0.39 is 15.7 Å². The fraction of sp³-hybridized carbons (Fsp3) is 0.455. The van der Waals surface area contributed by atoms with Crippen LogP contribution in [0.25, 0.3) is 0 Å². The summed E-state index contributed by atoms with van der Waals surface area (Å²) >= 11 is 0. The Morgan fingerprint density at radius 1 is 1.33 bits per heavy atom. The molecule has 0 aromatic carbocycles. The molecule has 1 aromatic rings. The average Bonchev–Trinajstić information content (AvgIpc) is 2.33. The first kappa shape index (κ1) is 12.8. The molecule has 6 nitrogen and oxygen atoms in total. The summed E-state index contributed by atoms with van der Waals surface area (Å²) in [5, 5.41) is 3.16. The molecule has 0 spiro atoms. The molecule has 2 heterocycles. The Morgan fingerprint density at radius 2 is 2.00 bits per heavy atom. The molecule has 2 rings (SSSR count). The molecular weight excluding hydrogens is 254 g/mol. The summed E-state index contributed by atoms with van der Waals surface area (Å²) in [6, 6.07) is 3.38. The van der Waals surface area contributed by atoms with Crippen LogP contribution in [-0.2, 0) is 9.84 Å². The molecular formula is C11H15N3O3S. The van der Waals surface area contributed by atoms with Gasteiger partial charge in [-0.05, 0) is 25.0 Å². The van der Waals surface area contributed by atoms with Gasteiger partial charge in [-0.1, -0.05) is 0 Å². The van der Waals surface area contributed by atoms with Gasteiger partial charge in [-0.2, -0.15) is 0 Å². The van der Waals surface area contributed by atoms with Crippen molar-refractivity contribution in [2.45, 2.75) is 18.9 Å². The van der Waals surface area contributed by atoms with Crippen molar-refractivity contribution in [3.63, 3.8) is 0 Å². The number of hydrogen-bond acceptors (Lipinski definition) is 5. The predicted molar refractivity (Wildman–Crippen MR) is 68.1 cm³/mol. The Bertz CT molecular complexity index is 525. The van der Waals surface area contributed by atoms with Crippen LogP contribution in [0.4, 0.5) is 5.82 Å². The third kappa shape index (κ3) is 3.19. The topological polar surface area (TPSA) is 102 Å². The Kier molecular flexibility index (Phi) is 3.51. The van der Waals surface area contributed by atoms with E-state index in [4.69, 9.17) is 5.73 Å². The number of carbonyl (C=O) groups excluding carboxylic acids is 1. The van der Waals surface area contributed by atoms with Crippen molar-refractivity contribution in [1.82, 2.24) is 4.98 Å². The minimum Gasteiger partial charge on any atom is -0.367 e. The quantitative estimate of drug-likeness (QED) is 0.814. The lowest BCUT2D eigenvalue weighted by atomic mass is 10.1. The van der Waals surface area contributed by atoms with Gasteiger partial charge in [0.1, 0.15) is 15.7 Å². The van der Waals surface area contributed by atoms with Crippen LogP contribution in [-0.4, -0.2) is 36.9 Å². The van der Waals surface area contributed by atoms with E-state index in [1.165, 1.54) is 6.20 Å². The van der Waals surface area contributed by atoms with E-state index in [1.54, 1.807) is 12.1 Å². The van der Waals surface area contributed by atoms with Crippen molar-refractivity contribution < 1.29 is 13.2 Å². The Balaban J connectivity index is 1.96. The maximum Gasteiger partial charge on any atom is 0.250 e. The van der Waals surface area contributed by atoms with Crippen LogP contribution in [0, 0.1) is 0 Å². The Labute approximate surface area is 106 Å². The second-order valence-corrected chi connectivity index (χ2v) is 6.67. The molecule has 7 heteroatoms. The molecule has 1 amide bonds. The van der Waals surface area contributed by atoms with Gasteiger partial charge in [0.05, 0.1) is 17.1 Å². The monoisotopic (exact) mass is 269 g/mol. The molecule has 0 atom stereocenters. The van der Waals surface area contributed by atoms with Crippen LogP contribution < -0.4 is 11.1 Å². The van der Waals surface area contributed by atoms with Crippen LogP contribution in [0.1, 0.15) is 23.2 Å². The van der Waals surface area contributed by atoms with Crippen molar-refractivity contribution >= 4 is 21.6 Å². The van der Waals surface area contributed by atoms with Crippen LogP contribution >= 0.6 is 0 Å². The first-order valence-corrected chi connectivity index (χ1v) is 7.51. The molecule has 1 fully saturated rings. The van der Waals surface area contributed by atoms with Gasteiger partial charge in [0, 0.05) is 12.2 Å². The molecule has 98 valence electrons. The lowest BCUT2D eigenvalue weighted by Crippen LogP contribution is -2.32. The van der Waals surface area contributed by atoms with E-state index >= 15 is 0 Å². The van der Waals surface area contributed by atoms with Crippen LogP contribution in [0.2, 0.25) is 0 Å². The maximum absolute atomic E-state index is 11.3. The number of nitrogens with one attached hydrogen (secondary N) is 1. The number of nitrogens with two attached hydrogens (primary N) is 1. The normalized spacial score (nSPS) is 19.3. The van der Waals surface area contributed by atoms with E-state index in [0.717, 1.165) is 0 Å². The second-order valence-electron chi connectivity index (χ2n) is 4.37. The van der Waals surface area contributed by atoms with Gasteiger partial charge in [0.25, 0.3) is 0 Å². The zero-order valence-electron chi connectivity index (χ0n) is 9.80. The summed E-state index contributed by atoms with van der Waals surface area (Å²) in [7, 11) is -2.85. The number of aromatic nitrogens is 1. The highest BCUT2D eigenvalue weighted by Crippen LogP contribution is 2.16. The number of pyridine rings is 1. The highest BCUT2D eigenvalue weighted by atomic mass is 32.2. The molecule has 0 aliphatic carbocycles. The van der Waals surface area contributed by atoms with Crippen molar-refractivity contribution in [2.24, 2.45) is 5.73 Å². The minimum atomic E-state index is -2.85. The molecule has 0 saturated carbocycles. The summed E-state index contributed by atoms with van der Waals surface area (Å²) in [4.78, 5) is 14.9. The van der Waals surface area contributed by atoms with Crippen LogP contribution in [0.15, 0.2) is 18.3 Å². The molecule has 0 unspecified atom stereocenters. The van der Waals surface area contributed by atoms with E-state index in [1.807, 2.05) is 0 Å². The molecule has 0 bridgehead atoms. The van der Waals surface area contributed by atoms with Gasteiger partial charge in [-0.15, -0.1) is 0 Å². The molecule has 1 saturated heterocycles. The maximum atomic E-state index is 11.3. The summed E-state index contributed by atoms with van der Waals surface area (Å²) in [6.07, 6.45) is 2.58. The molecule has 3 N–H and O–H groups in total. The average molecular weight is 269 g/mol. The molecule has 1 aliphatic rings. The predicted octanol–water partition coefficient (Wildman–Crippen LogP) is 0.170. The number of carbonyl (C=O) groups is 1. The summed E-state index contributed by atoms with van der Waals surface area (Å²) in [5.74, 6) is 0.538. The van der Waals surface area contributed by atoms with Crippen molar-refractivity contribution in [3.05, 3.63) is 23.9 Å². The van der Waals surface area contributed by atoms with E-state index in [0.29, 0.717) is 24.2 Å². The number of hydrogen-bond donors (Lipinski definition) is 2. The van der Waals surface area contributed by atoms with Crippen LogP contribution in [0.5, 0.6) is 0 Å². The zero-order valence-corrected chi connectivity index (χ0v) is 10.6. The summed E-state index contributed by atoms with van der Waals surface area (Å²) < 4.78 is 22.5. The SMILES string of the molecule is NC(=O)c1ccc(NC2CCS(=O)(=O)CC2)nc1. The van der Waals surface area contributed by atoms with Gasteiger partial charge in [-0.3, -0.25) is 4.79 Å². The minimum absolute atomic E-state index is 0.112. The van der Waals surface area contributed by atoms with E-state index in [9.17, 15) is 13.2 Å². The number of amides is 1. The third-order valence-corrected chi connectivity index (χ3v) is 4.67. The summed E-state index contributed by atoms with van der Waals surface area (Å²) in [6.45, 7) is 0. The van der Waals surface area contributed by atoms with Gasteiger partial charge in [0.2, 0.25) is 5.91 Å². The van der Waals surface area contributed by atoms with Gasteiger partial charge in [0.15, 0.2) is 0 Å².